The molecular weight excluding hydrogens is 576 g/mol. The zero-order valence-corrected chi connectivity index (χ0v) is 26.4. The van der Waals surface area contributed by atoms with E-state index in [-0.39, 0.29) is 17.4 Å². The maximum absolute atomic E-state index is 13.9. The highest BCUT2D eigenvalue weighted by Crippen LogP contribution is 2.46. The van der Waals surface area contributed by atoms with Gasteiger partial charge in [-0.05, 0) is 92.8 Å². The molecule has 0 unspecified atom stereocenters. The van der Waals surface area contributed by atoms with E-state index in [1.165, 1.54) is 16.2 Å². The van der Waals surface area contributed by atoms with Gasteiger partial charge in [0.05, 0.1) is 35.0 Å². The highest BCUT2D eigenvalue weighted by Gasteiger charge is 2.48. The first-order valence-corrected chi connectivity index (χ1v) is 15.9. The van der Waals surface area contributed by atoms with Crippen molar-refractivity contribution in [2.24, 2.45) is 0 Å². The first-order valence-electron chi connectivity index (χ1n) is 15.1. The van der Waals surface area contributed by atoms with Crippen molar-refractivity contribution in [3.63, 3.8) is 0 Å². The number of rotatable bonds is 9. The number of anilines is 1. The van der Waals surface area contributed by atoms with Crippen molar-refractivity contribution in [2.45, 2.75) is 66.0 Å². The lowest BCUT2D eigenvalue weighted by Crippen LogP contribution is -2.29. The number of unbranched alkanes of at least 4 members (excludes halogenated alkanes) is 1. The normalized spacial score (nSPS) is 19.0. The lowest BCUT2D eigenvalue weighted by atomic mass is 9.94. The van der Waals surface area contributed by atoms with Gasteiger partial charge >= 0.3 is 5.91 Å². The Kier molecular flexibility index (Phi) is 8.07. The fourth-order valence-corrected chi connectivity index (χ4v) is 7.11. The molecule has 3 aromatic carbocycles. The van der Waals surface area contributed by atoms with Crippen LogP contribution in [-0.2, 0) is 16.0 Å². The molecule has 2 aliphatic heterocycles. The summed E-state index contributed by atoms with van der Waals surface area (Å²) in [6, 6.07) is 13.9. The third-order valence-corrected chi connectivity index (χ3v) is 8.98. The quantitative estimate of drug-likeness (QED) is 0.0908. The average molecular weight is 613 g/mol. The van der Waals surface area contributed by atoms with Crippen molar-refractivity contribution < 1.29 is 28.9 Å². The molecule has 2 aliphatic rings. The molecule has 8 nitrogen and oxygen atoms in total. The predicted octanol–water partition coefficient (Wildman–Crippen LogP) is 7.44. The Morgan fingerprint density at radius 2 is 1.89 bits per heavy atom. The molecule has 6 rings (SSSR count). The zero-order valence-electron chi connectivity index (χ0n) is 25.6. The molecule has 0 aliphatic carbocycles. The lowest BCUT2D eigenvalue weighted by Gasteiger charge is -2.24. The van der Waals surface area contributed by atoms with Crippen molar-refractivity contribution in [3.05, 3.63) is 81.9 Å². The number of amides is 1. The molecule has 3 heterocycles. The van der Waals surface area contributed by atoms with Crippen molar-refractivity contribution in [1.82, 2.24) is 4.98 Å². The van der Waals surface area contributed by atoms with Crippen molar-refractivity contribution in [3.8, 4) is 17.2 Å². The number of thiazole rings is 1. The number of ether oxygens (including phenoxy) is 3. The van der Waals surface area contributed by atoms with Crippen LogP contribution in [-0.4, -0.2) is 41.1 Å². The van der Waals surface area contributed by atoms with Gasteiger partial charge in [0, 0.05) is 12.0 Å². The number of hydrogen-bond donors (Lipinski definition) is 1. The summed E-state index contributed by atoms with van der Waals surface area (Å²) in [7, 11) is 0. The number of hydrogen-bond acceptors (Lipinski definition) is 8. The van der Waals surface area contributed by atoms with E-state index >= 15 is 0 Å². The Morgan fingerprint density at radius 3 is 2.66 bits per heavy atom. The molecule has 228 valence electrons. The van der Waals surface area contributed by atoms with Gasteiger partial charge in [-0.3, -0.25) is 14.5 Å². The van der Waals surface area contributed by atoms with Gasteiger partial charge in [0.25, 0.3) is 5.78 Å². The number of carbonyl (C=O) groups is 2. The molecule has 1 fully saturated rings. The molecule has 1 aromatic heterocycles. The molecule has 0 bridgehead atoms. The van der Waals surface area contributed by atoms with E-state index < -0.39 is 17.7 Å². The van der Waals surface area contributed by atoms with Crippen LogP contribution < -0.4 is 19.1 Å². The van der Waals surface area contributed by atoms with E-state index in [0.717, 1.165) is 45.5 Å². The number of aliphatic hydroxyl groups excluding tert-OH is 1. The van der Waals surface area contributed by atoms with Crippen LogP contribution in [0.3, 0.4) is 0 Å². The van der Waals surface area contributed by atoms with Gasteiger partial charge in [-0.2, -0.15) is 0 Å². The monoisotopic (exact) mass is 612 g/mol. The first-order chi connectivity index (χ1) is 21.2. The molecule has 1 amide bonds. The summed E-state index contributed by atoms with van der Waals surface area (Å²) < 4.78 is 18.7. The minimum Gasteiger partial charge on any atom is -0.507 e. The molecule has 1 N–H and O–H groups in total. The number of aryl methyl sites for hydroxylation is 2. The topological polar surface area (TPSA) is 98.2 Å². The standard InChI is InChI=1S/C35H36N2O6S/c1-6-8-13-42-26-12-9-22(18-27(26)41-7-2)31-29(32(38)23-10-11-25-24(17-23)16-21(5)43-25)33(39)34(40)37(31)35-36-30-20(4)14-19(3)15-28(30)44-35/h9-12,14-15,17-18,21,31,38H,6-8,13,16H2,1-5H3/t21-,31-/m0/s1. The summed E-state index contributed by atoms with van der Waals surface area (Å²) in [4.78, 5) is 34.0. The van der Waals surface area contributed by atoms with Crippen molar-refractivity contribution in [2.75, 3.05) is 18.1 Å². The van der Waals surface area contributed by atoms with E-state index in [9.17, 15) is 14.7 Å². The Morgan fingerprint density at radius 1 is 1.07 bits per heavy atom. The van der Waals surface area contributed by atoms with E-state index in [4.69, 9.17) is 19.2 Å². The number of Topliss-reactive ketones (excluding diaryl/α,β-unsaturated/α-hetero) is 1. The third-order valence-electron chi connectivity index (χ3n) is 7.98. The summed E-state index contributed by atoms with van der Waals surface area (Å²) in [6.07, 6.45) is 2.60. The second-order valence-corrected chi connectivity index (χ2v) is 12.4. The molecule has 2 atom stereocenters. The van der Waals surface area contributed by atoms with Gasteiger partial charge in [0.1, 0.15) is 17.6 Å². The Bertz CT molecular complexity index is 1810. The maximum Gasteiger partial charge on any atom is 0.301 e. The summed E-state index contributed by atoms with van der Waals surface area (Å²) in [5.41, 5.74) is 4.83. The molecule has 9 heteroatoms. The van der Waals surface area contributed by atoms with E-state index in [2.05, 4.69) is 6.92 Å². The summed E-state index contributed by atoms with van der Waals surface area (Å²) in [6.45, 7) is 10.9. The number of aromatic nitrogens is 1. The largest absolute Gasteiger partial charge is 0.507 e. The molecule has 4 aromatic rings. The van der Waals surface area contributed by atoms with Crippen LogP contribution in [0.5, 0.6) is 17.2 Å². The minimum absolute atomic E-state index is 0.00354. The lowest BCUT2D eigenvalue weighted by molar-refractivity contribution is -0.132. The highest BCUT2D eigenvalue weighted by molar-refractivity contribution is 7.22. The number of benzene rings is 3. The second kappa shape index (κ2) is 12.0. The van der Waals surface area contributed by atoms with Gasteiger partial charge < -0.3 is 19.3 Å². The van der Waals surface area contributed by atoms with Crippen LogP contribution in [0.4, 0.5) is 5.13 Å². The van der Waals surface area contributed by atoms with E-state index in [1.54, 1.807) is 24.3 Å². The Labute approximate surface area is 260 Å². The Balaban J connectivity index is 1.53. The molecule has 1 saturated heterocycles. The number of aliphatic hydroxyl groups is 1. The molecule has 44 heavy (non-hydrogen) atoms. The highest BCUT2D eigenvalue weighted by atomic mass is 32.1. The maximum atomic E-state index is 13.9. The summed E-state index contributed by atoms with van der Waals surface area (Å²) >= 11 is 1.35. The number of carbonyl (C=O) groups excluding carboxylic acids is 2. The summed E-state index contributed by atoms with van der Waals surface area (Å²) in [5, 5.41) is 12.1. The fourth-order valence-electron chi connectivity index (χ4n) is 5.94. The van der Waals surface area contributed by atoms with Crippen LogP contribution in [0.15, 0.2) is 54.1 Å². The second-order valence-electron chi connectivity index (χ2n) is 11.4. The summed E-state index contributed by atoms with van der Waals surface area (Å²) in [5.74, 6) is 0.0834. The van der Waals surface area contributed by atoms with Gasteiger partial charge in [0.15, 0.2) is 16.6 Å². The zero-order chi connectivity index (χ0) is 31.1. The van der Waals surface area contributed by atoms with E-state index in [1.807, 2.05) is 52.0 Å². The molecule has 0 saturated carbocycles. The van der Waals surface area contributed by atoms with E-state index in [0.29, 0.717) is 47.4 Å². The number of nitrogens with zero attached hydrogens (tertiary/aromatic N) is 2. The Hall–Kier alpha value is -4.37. The molecule has 0 radical (unpaired) electrons. The van der Waals surface area contributed by atoms with Crippen molar-refractivity contribution in [1.29, 1.82) is 0 Å². The fraction of sp³-hybridized carbons (Fsp3) is 0.343. The van der Waals surface area contributed by atoms with Crippen LogP contribution in [0.2, 0.25) is 0 Å². The van der Waals surface area contributed by atoms with Gasteiger partial charge in [-0.25, -0.2) is 4.98 Å². The third kappa shape index (κ3) is 5.30. The van der Waals surface area contributed by atoms with Gasteiger partial charge in [0.2, 0.25) is 0 Å². The predicted molar refractivity (Wildman–Crippen MR) is 172 cm³/mol. The minimum atomic E-state index is -0.940. The number of ketones is 1. The SMILES string of the molecule is CCCCOc1ccc([C@H]2C(=C(O)c3ccc4c(c3)C[C@H](C)O4)C(=O)C(=O)N2c2nc3c(C)cc(C)cc3s2)cc1OCC. The first kappa shape index (κ1) is 29.7. The van der Waals surface area contributed by atoms with Crippen LogP contribution >= 0.6 is 11.3 Å². The van der Waals surface area contributed by atoms with Crippen molar-refractivity contribution >= 4 is 44.1 Å². The molecular formula is C35H36N2O6S. The van der Waals surface area contributed by atoms with Crippen LogP contribution in [0.1, 0.15) is 67.5 Å². The van der Waals surface area contributed by atoms with Crippen LogP contribution in [0.25, 0.3) is 16.0 Å². The van der Waals surface area contributed by atoms with Gasteiger partial charge in [-0.15, -0.1) is 0 Å². The average Bonchev–Trinajstić information content (AvgIpc) is 3.66. The smallest absolute Gasteiger partial charge is 0.301 e. The van der Waals surface area contributed by atoms with Gasteiger partial charge in [-0.1, -0.05) is 36.8 Å². The molecule has 0 spiro atoms. The number of fused-ring (bicyclic) bond motifs is 2. The van der Waals surface area contributed by atoms with Crippen LogP contribution in [0, 0.1) is 13.8 Å².